The van der Waals surface area contributed by atoms with Gasteiger partial charge in [0.2, 0.25) is 0 Å². The summed E-state index contributed by atoms with van der Waals surface area (Å²) in [7, 11) is 0. The van der Waals surface area contributed by atoms with Gasteiger partial charge in [0.05, 0.1) is 11.8 Å². The number of aromatic hydroxyl groups is 1. The van der Waals surface area contributed by atoms with E-state index < -0.39 is 0 Å². The van der Waals surface area contributed by atoms with Crippen LogP contribution in [-0.2, 0) is 0 Å². The molecule has 0 atom stereocenters. The molecular weight excluding hydrogens is 330 g/mol. The second-order valence-electron chi connectivity index (χ2n) is 5.75. The number of aromatic nitrogens is 2. The number of rotatable bonds is 4. The molecule has 2 aromatic rings. The fourth-order valence-corrected chi connectivity index (χ4v) is 4.96. The number of nitrogens with one attached hydrogen (secondary N) is 1. The first-order valence-corrected chi connectivity index (χ1v) is 9.40. The SMILES string of the molecule is Cc1csc(SC2CCC(NC(=O)c3cncc(O)c3)CC2)n1. The normalized spacial score (nSPS) is 21.1. The number of thioether (sulfide) groups is 1. The Labute approximate surface area is 143 Å². The average Bonchev–Trinajstić information content (AvgIpc) is 2.94. The number of pyridine rings is 1. The Morgan fingerprint density at radius 2 is 2.13 bits per heavy atom. The average molecular weight is 349 g/mol. The maximum Gasteiger partial charge on any atom is 0.253 e. The first-order chi connectivity index (χ1) is 11.1. The molecule has 0 saturated heterocycles. The van der Waals surface area contributed by atoms with Crippen molar-refractivity contribution in [3.05, 3.63) is 35.1 Å². The minimum atomic E-state index is -0.167. The van der Waals surface area contributed by atoms with Crippen molar-refractivity contribution in [3.8, 4) is 5.75 Å². The van der Waals surface area contributed by atoms with Crippen LogP contribution in [0.15, 0.2) is 28.2 Å². The van der Waals surface area contributed by atoms with E-state index in [1.54, 1.807) is 11.3 Å². The fourth-order valence-electron chi connectivity index (χ4n) is 2.67. The first kappa shape index (κ1) is 16.3. The van der Waals surface area contributed by atoms with Crippen molar-refractivity contribution in [2.24, 2.45) is 0 Å². The topological polar surface area (TPSA) is 75.1 Å². The van der Waals surface area contributed by atoms with E-state index in [2.05, 4.69) is 20.7 Å². The summed E-state index contributed by atoms with van der Waals surface area (Å²) in [6.07, 6.45) is 6.89. The number of carbonyl (C=O) groups is 1. The van der Waals surface area contributed by atoms with Gasteiger partial charge in [-0.05, 0) is 38.7 Å². The molecule has 5 nitrogen and oxygen atoms in total. The molecule has 0 bridgehead atoms. The minimum Gasteiger partial charge on any atom is -0.506 e. The van der Waals surface area contributed by atoms with Crippen LogP contribution in [0.3, 0.4) is 0 Å². The summed E-state index contributed by atoms with van der Waals surface area (Å²) in [6.45, 7) is 2.02. The lowest BCUT2D eigenvalue weighted by Gasteiger charge is -2.28. The van der Waals surface area contributed by atoms with Gasteiger partial charge in [0.15, 0.2) is 0 Å². The Morgan fingerprint density at radius 1 is 1.35 bits per heavy atom. The third kappa shape index (κ3) is 4.45. The van der Waals surface area contributed by atoms with E-state index in [9.17, 15) is 9.90 Å². The van der Waals surface area contributed by atoms with Gasteiger partial charge in [0.25, 0.3) is 5.91 Å². The Hall–Kier alpha value is -1.60. The number of aryl methyl sites for hydroxylation is 1. The van der Waals surface area contributed by atoms with E-state index in [4.69, 9.17) is 0 Å². The molecule has 1 amide bonds. The van der Waals surface area contributed by atoms with Crippen LogP contribution in [0.5, 0.6) is 5.75 Å². The van der Waals surface area contributed by atoms with Crippen molar-refractivity contribution in [3.63, 3.8) is 0 Å². The molecule has 2 heterocycles. The molecule has 0 aromatic carbocycles. The molecule has 1 fully saturated rings. The Kier molecular flexibility index (Phi) is 5.17. The number of thiazole rings is 1. The predicted molar refractivity (Wildman–Crippen MR) is 92.1 cm³/mol. The molecule has 1 aliphatic carbocycles. The van der Waals surface area contributed by atoms with Gasteiger partial charge < -0.3 is 10.4 Å². The monoisotopic (exact) mass is 349 g/mol. The highest BCUT2D eigenvalue weighted by atomic mass is 32.2. The van der Waals surface area contributed by atoms with Gasteiger partial charge >= 0.3 is 0 Å². The molecule has 0 aliphatic heterocycles. The van der Waals surface area contributed by atoms with Gasteiger partial charge in [-0.15, -0.1) is 11.3 Å². The zero-order valence-corrected chi connectivity index (χ0v) is 14.5. The van der Waals surface area contributed by atoms with Gasteiger partial charge in [-0.2, -0.15) is 0 Å². The first-order valence-electron chi connectivity index (χ1n) is 7.64. The summed E-state index contributed by atoms with van der Waals surface area (Å²) in [5.74, 6) is -0.156. The summed E-state index contributed by atoms with van der Waals surface area (Å²) in [5, 5.41) is 15.1. The zero-order chi connectivity index (χ0) is 16.2. The lowest BCUT2D eigenvalue weighted by Crippen LogP contribution is -2.38. The van der Waals surface area contributed by atoms with Crippen LogP contribution < -0.4 is 5.32 Å². The van der Waals surface area contributed by atoms with Crippen LogP contribution in [0.1, 0.15) is 41.7 Å². The maximum absolute atomic E-state index is 12.2. The predicted octanol–water partition coefficient (Wildman–Crippen LogP) is 3.39. The second-order valence-corrected chi connectivity index (χ2v) is 8.16. The molecule has 0 radical (unpaired) electrons. The lowest BCUT2D eigenvalue weighted by molar-refractivity contribution is 0.0927. The van der Waals surface area contributed by atoms with Crippen LogP contribution in [0.2, 0.25) is 0 Å². The van der Waals surface area contributed by atoms with Crippen molar-refractivity contribution >= 4 is 29.0 Å². The lowest BCUT2D eigenvalue weighted by atomic mass is 9.95. The van der Waals surface area contributed by atoms with E-state index in [0.717, 1.165) is 35.7 Å². The van der Waals surface area contributed by atoms with Gasteiger partial charge in [-0.1, -0.05) is 11.8 Å². The van der Waals surface area contributed by atoms with Gasteiger partial charge in [0, 0.05) is 28.6 Å². The molecule has 2 N–H and O–H groups in total. The number of hydrogen-bond acceptors (Lipinski definition) is 6. The smallest absolute Gasteiger partial charge is 0.253 e. The molecule has 23 heavy (non-hydrogen) atoms. The Bertz CT molecular complexity index is 681. The molecule has 122 valence electrons. The van der Waals surface area contributed by atoms with E-state index in [1.807, 2.05) is 18.7 Å². The molecule has 1 saturated carbocycles. The van der Waals surface area contributed by atoms with Crippen LogP contribution in [0.25, 0.3) is 0 Å². The quantitative estimate of drug-likeness (QED) is 0.885. The van der Waals surface area contributed by atoms with Gasteiger partial charge in [-0.25, -0.2) is 4.98 Å². The fraction of sp³-hybridized carbons (Fsp3) is 0.438. The largest absolute Gasteiger partial charge is 0.506 e. The van der Waals surface area contributed by atoms with Crippen molar-refractivity contribution in [2.45, 2.75) is 48.2 Å². The molecule has 0 spiro atoms. The van der Waals surface area contributed by atoms with Crippen molar-refractivity contribution in [2.75, 3.05) is 0 Å². The maximum atomic E-state index is 12.2. The van der Waals surface area contributed by atoms with Crippen molar-refractivity contribution in [1.82, 2.24) is 15.3 Å². The van der Waals surface area contributed by atoms with E-state index >= 15 is 0 Å². The van der Waals surface area contributed by atoms with Crippen LogP contribution >= 0.6 is 23.1 Å². The summed E-state index contributed by atoms with van der Waals surface area (Å²) in [4.78, 5) is 20.5. The Morgan fingerprint density at radius 3 is 2.78 bits per heavy atom. The summed E-state index contributed by atoms with van der Waals surface area (Å²) < 4.78 is 1.14. The number of amides is 1. The molecular formula is C16H19N3O2S2. The molecule has 1 aliphatic rings. The highest BCUT2D eigenvalue weighted by Crippen LogP contribution is 2.35. The molecule has 0 unspecified atom stereocenters. The third-order valence-corrected chi connectivity index (χ3v) is 6.29. The van der Waals surface area contributed by atoms with Crippen molar-refractivity contribution in [1.29, 1.82) is 0 Å². The minimum absolute atomic E-state index is 0.0106. The van der Waals surface area contributed by atoms with Gasteiger partial charge in [0.1, 0.15) is 10.1 Å². The van der Waals surface area contributed by atoms with E-state index in [1.165, 1.54) is 18.5 Å². The summed E-state index contributed by atoms with van der Waals surface area (Å²) >= 11 is 3.56. The highest BCUT2D eigenvalue weighted by molar-refractivity contribution is 8.01. The molecule has 2 aromatic heterocycles. The van der Waals surface area contributed by atoms with Crippen molar-refractivity contribution < 1.29 is 9.90 Å². The second kappa shape index (κ2) is 7.31. The van der Waals surface area contributed by atoms with Crippen LogP contribution in [0.4, 0.5) is 0 Å². The summed E-state index contributed by atoms with van der Waals surface area (Å²) in [5.41, 5.74) is 1.48. The number of carbonyl (C=O) groups excluding carboxylic acids is 1. The summed E-state index contributed by atoms with van der Waals surface area (Å²) in [6, 6.07) is 1.63. The third-order valence-electron chi connectivity index (χ3n) is 3.86. The van der Waals surface area contributed by atoms with E-state index in [0.29, 0.717) is 10.8 Å². The highest BCUT2D eigenvalue weighted by Gasteiger charge is 2.24. The standard InChI is InChI=1S/C16H19N3O2S2/c1-10-9-22-16(18-10)23-14-4-2-12(3-5-14)19-15(21)11-6-13(20)8-17-7-11/h6-9,12,14,20H,2-5H2,1H3,(H,19,21). The zero-order valence-electron chi connectivity index (χ0n) is 12.9. The molecule has 7 heteroatoms. The number of hydrogen-bond donors (Lipinski definition) is 2. The van der Waals surface area contributed by atoms with Crippen LogP contribution in [0, 0.1) is 6.92 Å². The van der Waals surface area contributed by atoms with Gasteiger partial charge in [-0.3, -0.25) is 9.78 Å². The molecule has 3 rings (SSSR count). The van der Waals surface area contributed by atoms with Crippen LogP contribution in [-0.4, -0.2) is 32.3 Å². The number of nitrogens with zero attached hydrogens (tertiary/aromatic N) is 2. The Balaban J connectivity index is 1.48. The van der Waals surface area contributed by atoms with E-state index in [-0.39, 0.29) is 17.7 Å².